The number of rotatable bonds is 1. The van der Waals surface area contributed by atoms with Gasteiger partial charge in [0.2, 0.25) is 0 Å². The summed E-state index contributed by atoms with van der Waals surface area (Å²) < 4.78 is 14.4. The summed E-state index contributed by atoms with van der Waals surface area (Å²) in [7, 11) is 0. The highest BCUT2D eigenvalue weighted by Gasteiger charge is 2.32. The molecule has 124 valence electrons. The first-order chi connectivity index (χ1) is 12.0. The molecule has 2 aliphatic rings. The minimum atomic E-state index is -0.745. The Morgan fingerprint density at radius 1 is 1.12 bits per heavy atom. The molecule has 25 heavy (non-hydrogen) atoms. The Morgan fingerprint density at radius 3 is 2.72 bits per heavy atom. The summed E-state index contributed by atoms with van der Waals surface area (Å²) in [6.45, 7) is 1.77. The summed E-state index contributed by atoms with van der Waals surface area (Å²) in [5.41, 5.74) is 2.58. The van der Waals surface area contributed by atoms with Crippen molar-refractivity contribution in [3.8, 4) is 0 Å². The first-order valence-corrected chi connectivity index (χ1v) is 8.11. The smallest absolute Gasteiger partial charge is 0.275 e. The Balaban J connectivity index is 2.02. The summed E-state index contributed by atoms with van der Waals surface area (Å²) in [5.74, 6) is -0.253. The maximum absolute atomic E-state index is 14.4. The second kappa shape index (κ2) is 5.93. The topological polar surface area (TPSA) is 53.8 Å². The normalized spacial score (nSPS) is 18.9. The SMILES string of the molecule is CC1=NC2C(=O)N=C(c3ccccc3F)c3cc(Cl)ccc3C2=CN1. The molecule has 2 heterocycles. The molecular formula is C19H13ClFN3O. The summed E-state index contributed by atoms with van der Waals surface area (Å²) in [4.78, 5) is 21.3. The van der Waals surface area contributed by atoms with E-state index in [1.54, 1.807) is 43.5 Å². The zero-order valence-corrected chi connectivity index (χ0v) is 14.0. The molecule has 1 N–H and O–H groups in total. The van der Waals surface area contributed by atoms with Crippen LogP contribution in [-0.2, 0) is 4.79 Å². The van der Waals surface area contributed by atoms with Gasteiger partial charge in [-0.3, -0.25) is 9.79 Å². The van der Waals surface area contributed by atoms with Crippen molar-refractivity contribution >= 4 is 34.6 Å². The van der Waals surface area contributed by atoms with E-state index in [-0.39, 0.29) is 11.3 Å². The summed E-state index contributed by atoms with van der Waals surface area (Å²) in [6.07, 6.45) is 1.75. The van der Waals surface area contributed by atoms with Gasteiger partial charge in [-0.1, -0.05) is 29.8 Å². The minimum Gasteiger partial charge on any atom is -0.350 e. The average Bonchev–Trinajstić information content (AvgIpc) is 2.71. The first-order valence-electron chi connectivity index (χ1n) is 7.73. The summed E-state index contributed by atoms with van der Waals surface area (Å²) in [6, 6.07) is 10.7. The third kappa shape index (κ3) is 2.66. The van der Waals surface area contributed by atoms with Gasteiger partial charge in [0, 0.05) is 27.9 Å². The van der Waals surface area contributed by atoms with Crippen LogP contribution in [0.2, 0.25) is 5.02 Å². The molecule has 0 bridgehead atoms. The molecule has 2 aliphatic heterocycles. The Hall–Kier alpha value is -2.79. The highest BCUT2D eigenvalue weighted by Crippen LogP contribution is 2.33. The lowest BCUT2D eigenvalue weighted by Gasteiger charge is -2.19. The van der Waals surface area contributed by atoms with Crippen molar-refractivity contribution < 1.29 is 9.18 Å². The quantitative estimate of drug-likeness (QED) is 0.851. The van der Waals surface area contributed by atoms with Gasteiger partial charge in [0.1, 0.15) is 5.82 Å². The number of carbonyl (C=O) groups excluding carboxylic acids is 1. The molecule has 4 rings (SSSR count). The van der Waals surface area contributed by atoms with E-state index in [0.717, 1.165) is 5.56 Å². The van der Waals surface area contributed by atoms with Crippen LogP contribution >= 0.6 is 11.6 Å². The van der Waals surface area contributed by atoms with Gasteiger partial charge in [-0.05, 0) is 36.8 Å². The standard InChI is InChI=1S/C19H13ClFN3O/c1-10-22-9-15-12-7-6-11(20)8-14(12)17(24-19(25)18(15)23-10)13-4-2-3-5-16(13)21/h2-9,18H,1H3,(H,22,23). The molecule has 0 saturated heterocycles. The van der Waals surface area contributed by atoms with E-state index in [2.05, 4.69) is 15.3 Å². The maximum Gasteiger partial charge on any atom is 0.275 e. The van der Waals surface area contributed by atoms with Crippen LogP contribution in [0.15, 0.2) is 58.6 Å². The molecule has 0 radical (unpaired) electrons. The molecule has 1 amide bonds. The molecule has 2 aromatic carbocycles. The lowest BCUT2D eigenvalue weighted by molar-refractivity contribution is -0.117. The van der Waals surface area contributed by atoms with Gasteiger partial charge in [0.25, 0.3) is 5.91 Å². The van der Waals surface area contributed by atoms with Crippen LogP contribution in [0.5, 0.6) is 0 Å². The van der Waals surface area contributed by atoms with E-state index >= 15 is 0 Å². The highest BCUT2D eigenvalue weighted by atomic mass is 35.5. The lowest BCUT2D eigenvalue weighted by Crippen LogP contribution is -2.29. The predicted molar refractivity (Wildman–Crippen MR) is 96.5 cm³/mol. The Labute approximate surface area is 148 Å². The third-order valence-electron chi connectivity index (χ3n) is 4.19. The molecule has 6 heteroatoms. The van der Waals surface area contributed by atoms with Gasteiger partial charge in [-0.15, -0.1) is 0 Å². The fourth-order valence-corrected chi connectivity index (χ4v) is 3.20. The van der Waals surface area contributed by atoms with Gasteiger partial charge in [-0.25, -0.2) is 9.38 Å². The fourth-order valence-electron chi connectivity index (χ4n) is 3.03. The van der Waals surface area contributed by atoms with E-state index in [9.17, 15) is 9.18 Å². The van der Waals surface area contributed by atoms with Gasteiger partial charge < -0.3 is 5.32 Å². The van der Waals surface area contributed by atoms with Crippen molar-refractivity contribution in [3.05, 3.63) is 76.2 Å². The van der Waals surface area contributed by atoms with Crippen LogP contribution < -0.4 is 5.32 Å². The lowest BCUT2D eigenvalue weighted by atomic mass is 9.91. The second-order valence-corrected chi connectivity index (χ2v) is 6.27. The monoisotopic (exact) mass is 353 g/mol. The molecule has 1 atom stereocenters. The molecule has 1 unspecified atom stereocenters. The number of amides is 1. The Bertz CT molecular complexity index is 994. The zero-order chi connectivity index (χ0) is 17.6. The van der Waals surface area contributed by atoms with E-state index in [1.807, 2.05) is 6.07 Å². The number of halogens is 2. The number of fused-ring (bicyclic) bond motifs is 3. The van der Waals surface area contributed by atoms with E-state index in [1.165, 1.54) is 6.07 Å². The van der Waals surface area contributed by atoms with Crippen LogP contribution in [0.3, 0.4) is 0 Å². The number of hydrogen-bond acceptors (Lipinski definition) is 3. The van der Waals surface area contributed by atoms with Gasteiger partial charge in [-0.2, -0.15) is 0 Å². The zero-order valence-electron chi connectivity index (χ0n) is 13.3. The van der Waals surface area contributed by atoms with Crippen molar-refractivity contribution in [1.82, 2.24) is 5.32 Å². The molecule has 0 fully saturated rings. The molecule has 0 spiro atoms. The van der Waals surface area contributed by atoms with Crippen molar-refractivity contribution in [2.24, 2.45) is 9.98 Å². The molecule has 0 aliphatic carbocycles. The number of nitrogens with one attached hydrogen (secondary N) is 1. The van der Waals surface area contributed by atoms with Crippen LogP contribution in [0.1, 0.15) is 23.6 Å². The number of hydrogen-bond donors (Lipinski definition) is 1. The van der Waals surface area contributed by atoms with Gasteiger partial charge in [0.15, 0.2) is 6.04 Å². The predicted octanol–water partition coefficient (Wildman–Crippen LogP) is 3.59. The van der Waals surface area contributed by atoms with Crippen molar-refractivity contribution in [2.45, 2.75) is 13.0 Å². The number of amidine groups is 1. The summed E-state index contributed by atoms with van der Waals surface area (Å²) in [5, 5.41) is 3.51. The molecule has 4 nitrogen and oxygen atoms in total. The Kier molecular flexibility index (Phi) is 3.73. The highest BCUT2D eigenvalue weighted by molar-refractivity contribution is 6.32. The van der Waals surface area contributed by atoms with Crippen molar-refractivity contribution in [1.29, 1.82) is 0 Å². The van der Waals surface area contributed by atoms with Gasteiger partial charge >= 0.3 is 0 Å². The third-order valence-corrected chi connectivity index (χ3v) is 4.42. The summed E-state index contributed by atoms with van der Waals surface area (Å²) >= 11 is 6.16. The molecule has 2 aromatic rings. The largest absolute Gasteiger partial charge is 0.350 e. The fraction of sp³-hybridized carbons (Fsp3) is 0.105. The molecule has 0 saturated carbocycles. The van der Waals surface area contributed by atoms with E-state index in [0.29, 0.717) is 22.0 Å². The number of benzene rings is 2. The maximum atomic E-state index is 14.4. The first kappa shape index (κ1) is 15.7. The Morgan fingerprint density at radius 2 is 1.92 bits per heavy atom. The number of aliphatic imine (C=N–C) groups is 2. The van der Waals surface area contributed by atoms with Crippen LogP contribution in [0.4, 0.5) is 4.39 Å². The van der Waals surface area contributed by atoms with E-state index in [4.69, 9.17) is 11.6 Å². The van der Waals surface area contributed by atoms with Crippen LogP contribution in [-0.4, -0.2) is 23.5 Å². The van der Waals surface area contributed by atoms with Crippen LogP contribution in [0.25, 0.3) is 5.57 Å². The average molecular weight is 354 g/mol. The van der Waals surface area contributed by atoms with Crippen molar-refractivity contribution in [3.63, 3.8) is 0 Å². The van der Waals surface area contributed by atoms with Crippen LogP contribution in [0, 0.1) is 5.82 Å². The van der Waals surface area contributed by atoms with Gasteiger partial charge in [0.05, 0.1) is 11.5 Å². The van der Waals surface area contributed by atoms with E-state index < -0.39 is 17.8 Å². The van der Waals surface area contributed by atoms with Crippen molar-refractivity contribution in [2.75, 3.05) is 0 Å². The molecule has 0 aromatic heterocycles. The minimum absolute atomic E-state index is 0.257. The molecular weight excluding hydrogens is 341 g/mol. The number of carbonyl (C=O) groups is 1. The second-order valence-electron chi connectivity index (χ2n) is 5.83. The number of nitrogens with zero attached hydrogens (tertiary/aromatic N) is 2.